The highest BCUT2D eigenvalue weighted by Crippen LogP contribution is 2.25. The maximum absolute atomic E-state index is 12.8. The van der Waals surface area contributed by atoms with Crippen LogP contribution in [0.5, 0.6) is 0 Å². The Morgan fingerprint density at radius 3 is 2.56 bits per heavy atom. The number of imidazole rings is 1. The molecule has 2 aromatic carbocycles. The highest BCUT2D eigenvalue weighted by atomic mass is 35.5. The Hall–Kier alpha value is -3.18. The Morgan fingerprint density at radius 1 is 1.07 bits per heavy atom. The number of para-hydroxylation sites is 2. The molecular weight excluding hydrogens is 360 g/mol. The molecule has 0 radical (unpaired) electrons. The van der Waals surface area contributed by atoms with Gasteiger partial charge in [0.15, 0.2) is 0 Å². The highest BCUT2D eigenvalue weighted by Gasteiger charge is 2.23. The fourth-order valence-electron chi connectivity index (χ4n) is 3.10. The van der Waals surface area contributed by atoms with Crippen LogP contribution in [0.25, 0.3) is 11.0 Å². The quantitative estimate of drug-likeness (QED) is 0.582. The van der Waals surface area contributed by atoms with Crippen LogP contribution in [0.2, 0.25) is 5.02 Å². The van der Waals surface area contributed by atoms with E-state index in [4.69, 9.17) is 16.6 Å². The first-order valence-corrected chi connectivity index (χ1v) is 8.90. The second kappa shape index (κ2) is 7.21. The molecule has 0 spiro atoms. The van der Waals surface area contributed by atoms with E-state index in [1.54, 1.807) is 12.1 Å². The monoisotopic (exact) mass is 376 g/mol. The van der Waals surface area contributed by atoms with Gasteiger partial charge in [0.05, 0.1) is 11.0 Å². The predicted octanol–water partition coefficient (Wildman–Crippen LogP) is 4.14. The summed E-state index contributed by atoms with van der Waals surface area (Å²) in [6.45, 7) is 0. The molecule has 2 aromatic heterocycles. The zero-order chi connectivity index (χ0) is 18.8. The molecule has 4 aromatic rings. The lowest BCUT2D eigenvalue weighted by Gasteiger charge is -2.19. The van der Waals surface area contributed by atoms with Crippen LogP contribution in [0, 0.1) is 0 Å². The first-order chi connectivity index (χ1) is 13.1. The van der Waals surface area contributed by atoms with Gasteiger partial charge in [-0.15, -0.1) is 0 Å². The number of benzene rings is 2. The van der Waals surface area contributed by atoms with Gasteiger partial charge in [-0.2, -0.15) is 0 Å². The fourth-order valence-corrected chi connectivity index (χ4v) is 3.26. The standard InChI is InChI=1S/C21H17ClN4O/c1-26-18-10-6-5-9-16(18)24-20(26)19(14-7-3-2-4-8-14)25-21(27)17-13-15(22)11-12-23-17/h2-13,19H,1H3,(H,25,27). The van der Waals surface area contributed by atoms with Gasteiger partial charge in [-0.05, 0) is 29.8 Å². The van der Waals surface area contributed by atoms with Crippen molar-refractivity contribution in [3.63, 3.8) is 0 Å². The number of carbonyl (C=O) groups excluding carboxylic acids is 1. The lowest BCUT2D eigenvalue weighted by Crippen LogP contribution is -2.31. The van der Waals surface area contributed by atoms with Crippen LogP contribution in [0.15, 0.2) is 72.9 Å². The molecule has 4 rings (SSSR count). The van der Waals surface area contributed by atoms with Crippen LogP contribution in [-0.2, 0) is 7.05 Å². The van der Waals surface area contributed by atoms with Crippen LogP contribution in [0.1, 0.15) is 27.9 Å². The fraction of sp³-hybridized carbons (Fsp3) is 0.0952. The number of aryl methyl sites for hydroxylation is 1. The summed E-state index contributed by atoms with van der Waals surface area (Å²) in [6, 6.07) is 20.4. The van der Waals surface area contributed by atoms with Crippen LogP contribution < -0.4 is 5.32 Å². The van der Waals surface area contributed by atoms with Crippen molar-refractivity contribution in [2.45, 2.75) is 6.04 Å². The Morgan fingerprint density at radius 2 is 1.81 bits per heavy atom. The van der Waals surface area contributed by atoms with Crippen LogP contribution in [-0.4, -0.2) is 20.4 Å². The molecule has 0 aliphatic heterocycles. The summed E-state index contributed by atoms with van der Waals surface area (Å²) < 4.78 is 2.00. The Balaban J connectivity index is 1.78. The van der Waals surface area contributed by atoms with Gasteiger partial charge >= 0.3 is 0 Å². The second-order valence-corrected chi connectivity index (χ2v) is 6.63. The summed E-state index contributed by atoms with van der Waals surface area (Å²) in [5.74, 6) is 0.441. The number of hydrogen-bond donors (Lipinski definition) is 1. The van der Waals surface area contributed by atoms with E-state index in [0.29, 0.717) is 5.02 Å². The van der Waals surface area contributed by atoms with Gasteiger partial charge in [-0.3, -0.25) is 9.78 Å². The molecule has 0 saturated heterocycles. The van der Waals surface area contributed by atoms with Crippen molar-refractivity contribution >= 4 is 28.5 Å². The molecule has 0 fully saturated rings. The van der Waals surface area contributed by atoms with E-state index in [0.717, 1.165) is 22.4 Å². The third-order valence-corrected chi connectivity index (χ3v) is 4.68. The van der Waals surface area contributed by atoms with Crippen molar-refractivity contribution in [1.82, 2.24) is 19.9 Å². The molecule has 1 unspecified atom stereocenters. The topological polar surface area (TPSA) is 59.8 Å². The van der Waals surface area contributed by atoms with Gasteiger partial charge in [-0.25, -0.2) is 4.98 Å². The summed E-state index contributed by atoms with van der Waals surface area (Å²) in [5, 5.41) is 3.52. The number of nitrogens with zero attached hydrogens (tertiary/aromatic N) is 3. The molecule has 0 bridgehead atoms. The number of hydrogen-bond acceptors (Lipinski definition) is 3. The van der Waals surface area contributed by atoms with Gasteiger partial charge in [-0.1, -0.05) is 54.1 Å². The summed E-state index contributed by atoms with van der Waals surface area (Å²) in [6.07, 6.45) is 1.52. The van der Waals surface area contributed by atoms with Crippen molar-refractivity contribution in [2.75, 3.05) is 0 Å². The predicted molar refractivity (Wildman–Crippen MR) is 106 cm³/mol. The van der Waals surface area contributed by atoms with Crippen LogP contribution in [0.3, 0.4) is 0 Å². The second-order valence-electron chi connectivity index (χ2n) is 6.19. The van der Waals surface area contributed by atoms with E-state index in [9.17, 15) is 4.79 Å². The Labute approximate surface area is 161 Å². The molecule has 0 aliphatic carbocycles. The smallest absolute Gasteiger partial charge is 0.270 e. The largest absolute Gasteiger partial charge is 0.337 e. The number of rotatable bonds is 4. The Kier molecular flexibility index (Phi) is 4.60. The normalized spacial score (nSPS) is 12.1. The van der Waals surface area contributed by atoms with Crippen molar-refractivity contribution < 1.29 is 4.79 Å². The summed E-state index contributed by atoms with van der Waals surface area (Å²) in [4.78, 5) is 21.7. The third-order valence-electron chi connectivity index (χ3n) is 4.44. The lowest BCUT2D eigenvalue weighted by atomic mass is 10.1. The molecule has 2 heterocycles. The van der Waals surface area contributed by atoms with E-state index in [-0.39, 0.29) is 11.6 Å². The summed E-state index contributed by atoms with van der Waals surface area (Å²) in [5.41, 5.74) is 3.09. The van der Waals surface area contributed by atoms with Crippen molar-refractivity contribution in [2.24, 2.45) is 7.05 Å². The number of halogens is 1. The first kappa shape index (κ1) is 17.2. The molecule has 5 nitrogen and oxygen atoms in total. The minimum Gasteiger partial charge on any atom is -0.337 e. The highest BCUT2D eigenvalue weighted by molar-refractivity contribution is 6.30. The van der Waals surface area contributed by atoms with Crippen LogP contribution in [0.4, 0.5) is 0 Å². The van der Waals surface area contributed by atoms with E-state index >= 15 is 0 Å². The number of pyridine rings is 1. The average Bonchev–Trinajstić information content (AvgIpc) is 3.03. The molecule has 1 amide bonds. The minimum absolute atomic E-state index is 0.266. The van der Waals surface area contributed by atoms with E-state index < -0.39 is 6.04 Å². The van der Waals surface area contributed by atoms with Gasteiger partial charge < -0.3 is 9.88 Å². The van der Waals surface area contributed by atoms with Crippen LogP contribution >= 0.6 is 11.6 Å². The maximum atomic E-state index is 12.8. The summed E-state index contributed by atoms with van der Waals surface area (Å²) in [7, 11) is 1.95. The molecule has 1 N–H and O–H groups in total. The van der Waals surface area contributed by atoms with Gasteiger partial charge in [0, 0.05) is 18.3 Å². The molecule has 27 heavy (non-hydrogen) atoms. The molecule has 0 aliphatic rings. The minimum atomic E-state index is -0.420. The number of carbonyl (C=O) groups is 1. The third kappa shape index (κ3) is 3.41. The van der Waals surface area contributed by atoms with Gasteiger partial charge in [0.1, 0.15) is 17.6 Å². The SMILES string of the molecule is Cn1c(C(NC(=O)c2cc(Cl)ccn2)c2ccccc2)nc2ccccc21. The number of amides is 1. The number of fused-ring (bicyclic) bond motifs is 1. The molecule has 1 atom stereocenters. The van der Waals surface area contributed by atoms with E-state index in [1.807, 2.05) is 66.2 Å². The van der Waals surface area contributed by atoms with Crippen molar-refractivity contribution in [3.05, 3.63) is 95.0 Å². The Bertz CT molecular complexity index is 1110. The molecular formula is C21H17ClN4O. The van der Waals surface area contributed by atoms with Gasteiger partial charge in [0.25, 0.3) is 5.91 Å². The zero-order valence-electron chi connectivity index (χ0n) is 14.6. The van der Waals surface area contributed by atoms with Crippen molar-refractivity contribution in [1.29, 1.82) is 0 Å². The zero-order valence-corrected chi connectivity index (χ0v) is 15.4. The van der Waals surface area contributed by atoms with E-state index in [2.05, 4.69) is 10.3 Å². The number of aromatic nitrogens is 3. The maximum Gasteiger partial charge on any atom is 0.270 e. The first-order valence-electron chi connectivity index (χ1n) is 8.52. The van der Waals surface area contributed by atoms with Gasteiger partial charge in [0.2, 0.25) is 0 Å². The lowest BCUT2D eigenvalue weighted by molar-refractivity contribution is 0.0936. The average molecular weight is 377 g/mol. The van der Waals surface area contributed by atoms with Crippen molar-refractivity contribution in [3.8, 4) is 0 Å². The molecule has 6 heteroatoms. The van der Waals surface area contributed by atoms with E-state index in [1.165, 1.54) is 6.20 Å². The molecule has 0 saturated carbocycles. The number of nitrogens with one attached hydrogen (secondary N) is 1. The molecule has 134 valence electrons. The summed E-state index contributed by atoms with van der Waals surface area (Å²) >= 11 is 6.00.